The maximum Gasteiger partial charge on any atom is 0.138 e. The van der Waals surface area contributed by atoms with E-state index in [9.17, 15) is 4.79 Å². The summed E-state index contributed by atoms with van der Waals surface area (Å²) >= 11 is 0. The van der Waals surface area contributed by atoms with Crippen LogP contribution in [0.4, 0.5) is 0 Å². The van der Waals surface area contributed by atoms with Crippen LogP contribution in [-0.4, -0.2) is 47.2 Å². The largest absolute Gasteiger partial charge is 0.381 e. The van der Waals surface area contributed by atoms with Crippen molar-refractivity contribution in [1.29, 1.82) is 0 Å². The summed E-state index contributed by atoms with van der Waals surface area (Å²) in [5.41, 5.74) is 1.23. The third kappa shape index (κ3) is 2.47. The molecule has 16 heavy (non-hydrogen) atoms. The lowest BCUT2D eigenvalue weighted by atomic mass is 10.2. The molecule has 1 saturated heterocycles. The Morgan fingerprint density at radius 2 is 2.12 bits per heavy atom. The highest BCUT2D eigenvalue weighted by molar-refractivity contribution is 5.58. The van der Waals surface area contributed by atoms with Crippen LogP contribution in [0.1, 0.15) is 5.56 Å². The van der Waals surface area contributed by atoms with Gasteiger partial charge in [0, 0.05) is 13.1 Å². The first kappa shape index (κ1) is 11.3. The van der Waals surface area contributed by atoms with Crippen LogP contribution in [0.2, 0.25) is 0 Å². The van der Waals surface area contributed by atoms with Crippen molar-refractivity contribution in [1.82, 2.24) is 9.80 Å². The molecule has 1 atom stereocenters. The highest BCUT2D eigenvalue weighted by Crippen LogP contribution is 2.14. The first-order chi connectivity index (χ1) is 7.83. The Balaban J connectivity index is 1.96. The third-order valence-corrected chi connectivity index (χ3v) is 2.88. The Labute approximate surface area is 95.1 Å². The van der Waals surface area contributed by atoms with Gasteiger partial charge in [-0.05, 0) is 5.56 Å². The van der Waals surface area contributed by atoms with E-state index in [-0.39, 0.29) is 12.8 Å². The molecule has 4 heteroatoms. The number of aliphatic hydroxyl groups is 1. The molecular weight excluding hydrogens is 204 g/mol. The number of rotatable bonds is 4. The second-order valence-corrected chi connectivity index (χ2v) is 4.07. The van der Waals surface area contributed by atoms with Crippen molar-refractivity contribution >= 4 is 6.29 Å². The molecular formula is C12H16N2O2. The van der Waals surface area contributed by atoms with Gasteiger partial charge in [0.1, 0.15) is 6.29 Å². The van der Waals surface area contributed by atoms with Gasteiger partial charge >= 0.3 is 0 Å². The van der Waals surface area contributed by atoms with E-state index in [0.717, 1.165) is 12.8 Å². The molecule has 1 N–H and O–H groups in total. The van der Waals surface area contributed by atoms with E-state index in [4.69, 9.17) is 5.11 Å². The second-order valence-electron chi connectivity index (χ2n) is 4.07. The third-order valence-electron chi connectivity index (χ3n) is 2.88. The fraction of sp³-hybridized carbons (Fsp3) is 0.417. The first-order valence-corrected chi connectivity index (χ1v) is 5.40. The average Bonchev–Trinajstić information content (AvgIpc) is 2.72. The summed E-state index contributed by atoms with van der Waals surface area (Å²) in [6, 6.07) is 9.96. The minimum Gasteiger partial charge on any atom is -0.381 e. The van der Waals surface area contributed by atoms with Gasteiger partial charge in [0.15, 0.2) is 0 Å². The molecule has 4 nitrogen and oxygen atoms in total. The van der Waals surface area contributed by atoms with E-state index < -0.39 is 0 Å². The van der Waals surface area contributed by atoms with Crippen molar-refractivity contribution in [2.24, 2.45) is 0 Å². The van der Waals surface area contributed by atoms with Crippen LogP contribution in [0.25, 0.3) is 0 Å². The lowest BCUT2D eigenvalue weighted by Crippen LogP contribution is -2.32. The fourth-order valence-electron chi connectivity index (χ4n) is 2.03. The Bertz CT molecular complexity index is 342. The molecule has 0 spiro atoms. The van der Waals surface area contributed by atoms with Crippen molar-refractivity contribution in [3.05, 3.63) is 35.9 Å². The Morgan fingerprint density at radius 1 is 1.38 bits per heavy atom. The summed E-state index contributed by atoms with van der Waals surface area (Å²) in [5, 5.41) is 9.09. The zero-order chi connectivity index (χ0) is 11.4. The molecule has 1 fully saturated rings. The van der Waals surface area contributed by atoms with Crippen LogP contribution >= 0.6 is 0 Å². The number of nitrogens with zero attached hydrogens (tertiary/aromatic N) is 2. The number of aldehydes is 1. The topological polar surface area (TPSA) is 43.8 Å². The summed E-state index contributed by atoms with van der Waals surface area (Å²) in [6.07, 6.45) is 0.904. The Hall–Kier alpha value is -1.23. The fourth-order valence-corrected chi connectivity index (χ4v) is 2.03. The van der Waals surface area contributed by atoms with Gasteiger partial charge in [-0.25, -0.2) is 0 Å². The van der Waals surface area contributed by atoms with Gasteiger partial charge in [-0.15, -0.1) is 0 Å². The van der Waals surface area contributed by atoms with Gasteiger partial charge in [-0.1, -0.05) is 30.3 Å². The van der Waals surface area contributed by atoms with Crippen molar-refractivity contribution < 1.29 is 9.90 Å². The van der Waals surface area contributed by atoms with E-state index in [1.54, 1.807) is 4.90 Å². The maximum absolute atomic E-state index is 10.8. The molecule has 1 aromatic rings. The van der Waals surface area contributed by atoms with E-state index in [1.807, 2.05) is 18.2 Å². The normalized spacial score (nSPS) is 22.4. The predicted molar refractivity (Wildman–Crippen MR) is 60.5 cm³/mol. The lowest BCUT2D eigenvalue weighted by molar-refractivity contribution is -0.112. The summed E-state index contributed by atoms with van der Waals surface area (Å²) in [7, 11) is 0. The van der Waals surface area contributed by atoms with Crippen LogP contribution in [-0.2, 0) is 11.3 Å². The lowest BCUT2D eigenvalue weighted by Gasteiger charge is -2.16. The molecule has 1 unspecified atom stereocenters. The quantitative estimate of drug-likeness (QED) is 0.740. The number of hydrogen-bond acceptors (Lipinski definition) is 4. The van der Waals surface area contributed by atoms with E-state index in [0.29, 0.717) is 13.2 Å². The smallest absolute Gasteiger partial charge is 0.138 e. The Kier molecular flexibility index (Phi) is 3.66. The molecule has 0 bridgehead atoms. The summed E-state index contributed by atoms with van der Waals surface area (Å²) in [5.74, 6) is 0. The standard InChI is InChI=1S/C12H16N2O2/c15-8-12-7-13(9-14(12)10-16)6-11-4-2-1-3-5-11/h1-5,8,12,16H,6-7,9-10H2. The zero-order valence-corrected chi connectivity index (χ0v) is 9.12. The van der Waals surface area contributed by atoms with E-state index in [1.165, 1.54) is 5.56 Å². The number of hydrogen-bond donors (Lipinski definition) is 1. The van der Waals surface area contributed by atoms with Crippen molar-refractivity contribution in [2.75, 3.05) is 19.9 Å². The highest BCUT2D eigenvalue weighted by atomic mass is 16.3. The molecule has 1 heterocycles. The molecule has 0 aliphatic carbocycles. The molecule has 0 saturated carbocycles. The SMILES string of the molecule is O=CC1CN(Cc2ccccc2)CN1CO. The summed E-state index contributed by atoms with van der Waals surface area (Å²) in [4.78, 5) is 14.7. The van der Waals surface area contributed by atoms with Gasteiger partial charge in [0.05, 0.1) is 19.4 Å². The molecule has 1 aromatic carbocycles. The number of benzene rings is 1. The van der Waals surface area contributed by atoms with Gasteiger partial charge in [0.25, 0.3) is 0 Å². The van der Waals surface area contributed by atoms with Gasteiger partial charge in [-0.3, -0.25) is 9.80 Å². The summed E-state index contributed by atoms with van der Waals surface area (Å²) < 4.78 is 0. The highest BCUT2D eigenvalue weighted by Gasteiger charge is 2.28. The van der Waals surface area contributed by atoms with E-state index in [2.05, 4.69) is 17.0 Å². The molecule has 1 aliphatic heterocycles. The second kappa shape index (κ2) is 5.21. The molecule has 0 amide bonds. The van der Waals surface area contributed by atoms with Crippen molar-refractivity contribution in [2.45, 2.75) is 12.6 Å². The number of carbonyl (C=O) groups is 1. The number of aliphatic hydroxyl groups excluding tert-OH is 1. The summed E-state index contributed by atoms with van der Waals surface area (Å²) in [6.45, 7) is 2.10. The molecule has 1 aliphatic rings. The molecule has 2 rings (SSSR count). The Morgan fingerprint density at radius 3 is 2.69 bits per heavy atom. The minimum absolute atomic E-state index is 0.0608. The van der Waals surface area contributed by atoms with Crippen LogP contribution < -0.4 is 0 Å². The van der Waals surface area contributed by atoms with Crippen molar-refractivity contribution in [3.8, 4) is 0 Å². The van der Waals surface area contributed by atoms with Gasteiger partial charge in [0.2, 0.25) is 0 Å². The minimum atomic E-state index is -0.172. The average molecular weight is 220 g/mol. The van der Waals surface area contributed by atoms with Crippen LogP contribution in [0.3, 0.4) is 0 Å². The maximum atomic E-state index is 10.8. The van der Waals surface area contributed by atoms with E-state index >= 15 is 0 Å². The van der Waals surface area contributed by atoms with Gasteiger partial charge in [-0.2, -0.15) is 0 Å². The predicted octanol–water partition coefficient (Wildman–Crippen LogP) is 0.279. The molecule has 0 radical (unpaired) electrons. The van der Waals surface area contributed by atoms with Crippen molar-refractivity contribution in [3.63, 3.8) is 0 Å². The first-order valence-electron chi connectivity index (χ1n) is 5.40. The molecule has 0 aromatic heterocycles. The van der Waals surface area contributed by atoms with Crippen LogP contribution in [0, 0.1) is 0 Å². The van der Waals surface area contributed by atoms with Gasteiger partial charge < -0.3 is 9.90 Å². The molecule has 86 valence electrons. The monoisotopic (exact) mass is 220 g/mol. The number of carbonyl (C=O) groups excluding carboxylic acids is 1. The van der Waals surface area contributed by atoms with Crippen LogP contribution in [0.15, 0.2) is 30.3 Å². The zero-order valence-electron chi connectivity index (χ0n) is 9.12. The van der Waals surface area contributed by atoms with Crippen LogP contribution in [0.5, 0.6) is 0 Å².